The fourth-order valence-corrected chi connectivity index (χ4v) is 6.18. The molecule has 1 aromatic heterocycles. The molecule has 0 radical (unpaired) electrons. The van der Waals surface area contributed by atoms with Gasteiger partial charge in [0, 0.05) is 42.0 Å². The van der Waals surface area contributed by atoms with Gasteiger partial charge in [-0.2, -0.15) is 4.31 Å². The Morgan fingerprint density at radius 3 is 2.50 bits per heavy atom. The number of thiazole rings is 1. The average molecular weight is 412 g/mol. The minimum atomic E-state index is -3.62. The largest absolute Gasteiger partial charge is 0.356 e. The third-order valence-corrected chi connectivity index (χ3v) is 8.23. The Morgan fingerprint density at radius 1 is 1.19 bits per heavy atom. The van der Waals surface area contributed by atoms with E-state index in [1.54, 1.807) is 17.5 Å². The van der Waals surface area contributed by atoms with Crippen LogP contribution in [0.4, 0.5) is 0 Å². The topological polar surface area (TPSA) is 79.4 Å². The number of nitrogens with one attached hydrogen (secondary N) is 1. The number of carbonyl (C=O) groups is 1. The number of amides is 1. The first-order valence-corrected chi connectivity index (χ1v) is 11.1. The van der Waals surface area contributed by atoms with Crippen molar-refractivity contribution in [2.75, 3.05) is 19.6 Å². The third-order valence-electron chi connectivity index (χ3n) is 5.16. The Kier molecular flexibility index (Phi) is 4.54. The molecular weight excluding hydrogens is 394 g/mol. The number of piperidine rings is 1. The molecule has 0 bridgehead atoms. The minimum Gasteiger partial charge on any atom is -0.356 e. The van der Waals surface area contributed by atoms with Crippen LogP contribution in [-0.2, 0) is 14.8 Å². The molecular formula is C17H18ClN3O3S2. The molecule has 9 heteroatoms. The van der Waals surface area contributed by atoms with Crippen molar-refractivity contribution >= 4 is 38.9 Å². The number of aromatic nitrogens is 1. The highest BCUT2D eigenvalue weighted by Gasteiger charge is 2.43. The van der Waals surface area contributed by atoms with E-state index in [0.717, 1.165) is 5.56 Å². The Hall–Kier alpha value is -1.48. The van der Waals surface area contributed by atoms with Crippen molar-refractivity contribution in [3.63, 3.8) is 0 Å². The molecule has 1 aromatic carbocycles. The number of hydrogen-bond acceptors (Lipinski definition) is 5. The molecule has 0 aliphatic carbocycles. The van der Waals surface area contributed by atoms with Gasteiger partial charge in [0.15, 0.2) is 5.03 Å². The zero-order valence-corrected chi connectivity index (χ0v) is 16.3. The van der Waals surface area contributed by atoms with Crippen molar-refractivity contribution in [2.24, 2.45) is 5.41 Å². The summed E-state index contributed by atoms with van der Waals surface area (Å²) in [6.07, 6.45) is 1.89. The number of carbonyl (C=O) groups excluding carboxylic acids is 1. The van der Waals surface area contributed by atoms with E-state index in [1.165, 1.54) is 15.6 Å². The molecule has 138 valence electrons. The Bertz CT molecular complexity index is 932. The number of benzene rings is 1. The van der Waals surface area contributed by atoms with Crippen molar-refractivity contribution in [3.05, 3.63) is 34.7 Å². The van der Waals surface area contributed by atoms with E-state index < -0.39 is 10.0 Å². The van der Waals surface area contributed by atoms with Gasteiger partial charge in [-0.05, 0) is 30.4 Å². The fourth-order valence-electron chi connectivity index (χ4n) is 3.54. The van der Waals surface area contributed by atoms with Gasteiger partial charge in [-0.25, -0.2) is 13.4 Å². The number of rotatable bonds is 3. The van der Waals surface area contributed by atoms with Crippen molar-refractivity contribution in [1.82, 2.24) is 14.6 Å². The first-order valence-electron chi connectivity index (χ1n) is 8.36. The zero-order valence-electron chi connectivity index (χ0n) is 13.9. The van der Waals surface area contributed by atoms with Gasteiger partial charge in [0.1, 0.15) is 5.01 Å². The van der Waals surface area contributed by atoms with Crippen LogP contribution >= 0.6 is 22.9 Å². The molecule has 2 fully saturated rings. The average Bonchev–Trinajstić information content (AvgIpc) is 3.24. The first kappa shape index (κ1) is 17.9. The van der Waals surface area contributed by atoms with Gasteiger partial charge in [-0.3, -0.25) is 4.79 Å². The molecule has 26 heavy (non-hydrogen) atoms. The van der Waals surface area contributed by atoms with E-state index in [9.17, 15) is 13.2 Å². The maximum Gasteiger partial charge on any atom is 0.261 e. The predicted molar refractivity (Wildman–Crippen MR) is 101 cm³/mol. The molecule has 1 N–H and O–H groups in total. The van der Waals surface area contributed by atoms with E-state index in [2.05, 4.69) is 10.3 Å². The van der Waals surface area contributed by atoms with Gasteiger partial charge in [0.25, 0.3) is 10.0 Å². The maximum absolute atomic E-state index is 12.9. The highest BCUT2D eigenvalue weighted by Crippen LogP contribution is 2.39. The van der Waals surface area contributed by atoms with Crippen molar-refractivity contribution in [1.29, 1.82) is 0 Å². The van der Waals surface area contributed by atoms with Gasteiger partial charge in [-0.15, -0.1) is 11.3 Å². The normalized spacial score (nSPS) is 20.4. The molecule has 0 unspecified atom stereocenters. The number of halogens is 1. The standard InChI is InChI=1S/C17H18ClN3O3S2/c18-13-3-1-12(2-4-13)16-20-15(10-25-16)26(23,24)21-7-5-17(6-8-21)9-14(22)19-11-17/h1-4,10H,5-9,11H2,(H,19,22). The molecule has 6 nitrogen and oxygen atoms in total. The maximum atomic E-state index is 12.9. The molecule has 1 amide bonds. The molecule has 2 saturated heterocycles. The summed E-state index contributed by atoms with van der Waals surface area (Å²) in [5.74, 6) is 0.0633. The van der Waals surface area contributed by atoms with E-state index >= 15 is 0 Å². The van der Waals surface area contributed by atoms with Crippen LogP contribution in [0.3, 0.4) is 0 Å². The summed E-state index contributed by atoms with van der Waals surface area (Å²) in [7, 11) is -3.62. The summed E-state index contributed by atoms with van der Waals surface area (Å²) in [4.78, 5) is 15.9. The quantitative estimate of drug-likeness (QED) is 0.842. The molecule has 2 aromatic rings. The Morgan fingerprint density at radius 2 is 1.88 bits per heavy atom. The van der Waals surface area contributed by atoms with E-state index in [0.29, 0.717) is 48.9 Å². The first-order chi connectivity index (χ1) is 12.4. The van der Waals surface area contributed by atoms with Crippen LogP contribution in [-0.4, -0.2) is 43.2 Å². The second-order valence-electron chi connectivity index (χ2n) is 6.86. The van der Waals surface area contributed by atoms with Gasteiger partial charge >= 0.3 is 0 Å². The summed E-state index contributed by atoms with van der Waals surface area (Å²) in [6, 6.07) is 7.17. The van der Waals surface area contributed by atoms with Crippen LogP contribution in [0.2, 0.25) is 5.02 Å². The monoisotopic (exact) mass is 411 g/mol. The Balaban J connectivity index is 1.51. The lowest BCUT2D eigenvalue weighted by Crippen LogP contribution is -2.44. The lowest BCUT2D eigenvalue weighted by atomic mass is 9.78. The molecule has 0 atom stereocenters. The van der Waals surface area contributed by atoms with Gasteiger partial charge in [0.05, 0.1) is 0 Å². The van der Waals surface area contributed by atoms with Crippen LogP contribution < -0.4 is 5.32 Å². The van der Waals surface area contributed by atoms with Crippen LogP contribution in [0.25, 0.3) is 10.6 Å². The summed E-state index contributed by atoms with van der Waals surface area (Å²) in [6.45, 7) is 1.49. The second kappa shape index (κ2) is 6.60. The molecule has 3 heterocycles. The molecule has 2 aliphatic rings. The van der Waals surface area contributed by atoms with E-state index in [-0.39, 0.29) is 16.3 Å². The molecule has 1 spiro atoms. The minimum absolute atomic E-state index is 0.0633. The predicted octanol–water partition coefficient (Wildman–Crippen LogP) is 2.75. The number of hydrogen-bond donors (Lipinski definition) is 1. The van der Waals surface area contributed by atoms with Crippen molar-refractivity contribution in [3.8, 4) is 10.6 Å². The van der Waals surface area contributed by atoms with Crippen molar-refractivity contribution < 1.29 is 13.2 Å². The van der Waals surface area contributed by atoms with Crippen molar-refractivity contribution in [2.45, 2.75) is 24.3 Å². The number of sulfonamides is 1. The van der Waals surface area contributed by atoms with E-state index in [4.69, 9.17) is 11.6 Å². The second-order valence-corrected chi connectivity index (χ2v) is 10.0. The van der Waals surface area contributed by atoms with Crippen LogP contribution in [0.5, 0.6) is 0 Å². The third kappa shape index (κ3) is 3.26. The van der Waals surface area contributed by atoms with Gasteiger partial charge < -0.3 is 5.32 Å². The molecule has 2 aliphatic heterocycles. The summed E-state index contributed by atoms with van der Waals surface area (Å²) >= 11 is 7.20. The zero-order chi connectivity index (χ0) is 18.4. The molecule has 0 saturated carbocycles. The highest BCUT2D eigenvalue weighted by molar-refractivity contribution is 7.89. The lowest BCUT2D eigenvalue weighted by Gasteiger charge is -2.37. The summed E-state index contributed by atoms with van der Waals surface area (Å²) in [5.41, 5.74) is 0.758. The SMILES string of the molecule is O=C1CC2(CCN(S(=O)(=O)c3csc(-c4ccc(Cl)cc4)n3)CC2)CN1. The molecule has 4 rings (SSSR count). The highest BCUT2D eigenvalue weighted by atomic mass is 35.5. The fraction of sp³-hybridized carbons (Fsp3) is 0.412. The van der Waals surface area contributed by atoms with E-state index in [1.807, 2.05) is 12.1 Å². The summed E-state index contributed by atoms with van der Waals surface area (Å²) in [5, 5.41) is 5.82. The van der Waals surface area contributed by atoms with Crippen LogP contribution in [0.1, 0.15) is 19.3 Å². The smallest absolute Gasteiger partial charge is 0.261 e. The Labute approximate surface area is 161 Å². The lowest BCUT2D eigenvalue weighted by molar-refractivity contribution is -0.119. The van der Waals surface area contributed by atoms with Gasteiger partial charge in [0.2, 0.25) is 5.91 Å². The van der Waals surface area contributed by atoms with Gasteiger partial charge in [-0.1, -0.05) is 23.7 Å². The van der Waals surface area contributed by atoms with Crippen LogP contribution in [0, 0.1) is 5.41 Å². The summed E-state index contributed by atoms with van der Waals surface area (Å²) < 4.78 is 27.3. The number of nitrogens with zero attached hydrogens (tertiary/aromatic N) is 2. The van der Waals surface area contributed by atoms with Crippen LogP contribution in [0.15, 0.2) is 34.7 Å².